The van der Waals surface area contributed by atoms with Crippen LogP contribution in [0, 0.1) is 0 Å². The van der Waals surface area contributed by atoms with Crippen molar-refractivity contribution < 1.29 is 4.79 Å². The molecule has 130 valence electrons. The number of benzene rings is 2. The molecule has 0 aliphatic carbocycles. The molecule has 1 amide bonds. The van der Waals surface area contributed by atoms with E-state index in [1.165, 1.54) is 4.68 Å². The number of aromatic nitrogens is 3. The quantitative estimate of drug-likeness (QED) is 0.582. The molecule has 2 N–H and O–H groups in total. The fourth-order valence-electron chi connectivity index (χ4n) is 3.07. The standard InChI is InChI=1S/C20H18N4O2/c25-18(21-11-10-14-6-2-1-3-7-14)13-24-20(26)19-16(12-22-24)15-8-4-5-9-17(15)23-19/h1-9,12,23H,10-11,13H2,(H,21,25). The zero-order valence-corrected chi connectivity index (χ0v) is 14.1. The van der Waals surface area contributed by atoms with Crippen molar-refractivity contribution in [2.75, 3.05) is 6.54 Å². The van der Waals surface area contributed by atoms with Crippen molar-refractivity contribution in [1.29, 1.82) is 0 Å². The van der Waals surface area contributed by atoms with Crippen LogP contribution in [0.4, 0.5) is 0 Å². The molecule has 4 rings (SSSR count). The number of carbonyl (C=O) groups excluding carboxylic acids is 1. The smallest absolute Gasteiger partial charge is 0.291 e. The number of carbonyl (C=O) groups is 1. The molecule has 2 aromatic heterocycles. The first-order valence-corrected chi connectivity index (χ1v) is 8.49. The van der Waals surface area contributed by atoms with Crippen LogP contribution in [-0.4, -0.2) is 27.2 Å². The van der Waals surface area contributed by atoms with Crippen molar-refractivity contribution in [3.05, 3.63) is 76.7 Å². The largest absolute Gasteiger partial charge is 0.354 e. The van der Waals surface area contributed by atoms with Crippen molar-refractivity contribution in [2.24, 2.45) is 0 Å². The zero-order chi connectivity index (χ0) is 17.9. The number of fused-ring (bicyclic) bond motifs is 3. The number of nitrogens with one attached hydrogen (secondary N) is 2. The minimum absolute atomic E-state index is 0.0983. The van der Waals surface area contributed by atoms with Crippen LogP contribution in [0.5, 0.6) is 0 Å². The fraction of sp³-hybridized carbons (Fsp3) is 0.150. The monoisotopic (exact) mass is 346 g/mol. The summed E-state index contributed by atoms with van der Waals surface area (Å²) in [6.45, 7) is 0.422. The molecule has 0 spiro atoms. The van der Waals surface area contributed by atoms with E-state index >= 15 is 0 Å². The lowest BCUT2D eigenvalue weighted by Crippen LogP contribution is -2.34. The molecule has 0 fully saturated rings. The third-order valence-electron chi connectivity index (χ3n) is 4.39. The Hall–Kier alpha value is -3.41. The Morgan fingerprint density at radius 1 is 1.04 bits per heavy atom. The first-order chi connectivity index (χ1) is 12.7. The lowest BCUT2D eigenvalue weighted by atomic mass is 10.1. The summed E-state index contributed by atoms with van der Waals surface area (Å²) < 4.78 is 1.19. The normalized spacial score (nSPS) is 11.1. The molecular formula is C20H18N4O2. The van der Waals surface area contributed by atoms with E-state index in [0.717, 1.165) is 28.3 Å². The number of hydrogen-bond acceptors (Lipinski definition) is 3. The van der Waals surface area contributed by atoms with Crippen LogP contribution in [0.25, 0.3) is 21.8 Å². The van der Waals surface area contributed by atoms with E-state index in [1.807, 2.05) is 54.6 Å². The van der Waals surface area contributed by atoms with Gasteiger partial charge in [-0.15, -0.1) is 0 Å². The van der Waals surface area contributed by atoms with Crippen molar-refractivity contribution in [2.45, 2.75) is 13.0 Å². The number of aromatic amines is 1. The molecule has 0 aliphatic heterocycles. The first-order valence-electron chi connectivity index (χ1n) is 8.49. The van der Waals surface area contributed by atoms with E-state index in [1.54, 1.807) is 6.20 Å². The van der Waals surface area contributed by atoms with E-state index in [4.69, 9.17) is 0 Å². The van der Waals surface area contributed by atoms with Gasteiger partial charge in [0.1, 0.15) is 12.1 Å². The Kier molecular flexibility index (Phi) is 4.23. The van der Waals surface area contributed by atoms with Crippen molar-refractivity contribution in [1.82, 2.24) is 20.1 Å². The summed E-state index contributed by atoms with van der Waals surface area (Å²) in [7, 11) is 0. The van der Waals surface area contributed by atoms with Crippen LogP contribution in [0.15, 0.2) is 65.6 Å². The van der Waals surface area contributed by atoms with Gasteiger partial charge in [0.25, 0.3) is 5.56 Å². The van der Waals surface area contributed by atoms with E-state index in [9.17, 15) is 9.59 Å². The fourth-order valence-corrected chi connectivity index (χ4v) is 3.07. The van der Waals surface area contributed by atoms with Crippen LogP contribution in [0.1, 0.15) is 5.56 Å². The average Bonchev–Trinajstić information content (AvgIpc) is 3.04. The maximum atomic E-state index is 12.6. The molecular weight excluding hydrogens is 328 g/mol. The number of rotatable bonds is 5. The van der Waals surface area contributed by atoms with Crippen LogP contribution in [-0.2, 0) is 17.8 Å². The minimum Gasteiger partial charge on any atom is -0.354 e. The summed E-state index contributed by atoms with van der Waals surface area (Å²) in [5.74, 6) is -0.231. The van der Waals surface area contributed by atoms with Crippen LogP contribution in [0.3, 0.4) is 0 Å². The lowest BCUT2D eigenvalue weighted by Gasteiger charge is -2.07. The number of amides is 1. The maximum absolute atomic E-state index is 12.6. The molecule has 4 aromatic rings. The summed E-state index contributed by atoms with van der Waals surface area (Å²) in [6, 6.07) is 17.6. The second-order valence-corrected chi connectivity index (χ2v) is 6.15. The van der Waals surface area contributed by atoms with Gasteiger partial charge >= 0.3 is 0 Å². The highest BCUT2D eigenvalue weighted by molar-refractivity contribution is 6.06. The third kappa shape index (κ3) is 3.09. The Labute approximate surface area is 149 Å². The molecule has 0 saturated carbocycles. The van der Waals surface area contributed by atoms with Crippen LogP contribution >= 0.6 is 0 Å². The second kappa shape index (κ2) is 6.84. The number of hydrogen-bond donors (Lipinski definition) is 2. The van der Waals surface area contributed by atoms with Gasteiger partial charge in [-0.25, -0.2) is 4.68 Å². The zero-order valence-electron chi connectivity index (χ0n) is 14.1. The second-order valence-electron chi connectivity index (χ2n) is 6.15. The number of nitrogens with zero attached hydrogens (tertiary/aromatic N) is 2. The molecule has 26 heavy (non-hydrogen) atoms. The average molecular weight is 346 g/mol. The van der Waals surface area contributed by atoms with Gasteiger partial charge in [0, 0.05) is 22.8 Å². The molecule has 2 heterocycles. The Balaban J connectivity index is 1.48. The maximum Gasteiger partial charge on any atom is 0.291 e. The highest BCUT2D eigenvalue weighted by atomic mass is 16.2. The summed E-state index contributed by atoms with van der Waals surface area (Å²) in [6.07, 6.45) is 2.38. The predicted octanol–water partition coefficient (Wildman–Crippen LogP) is 2.24. The molecule has 6 nitrogen and oxygen atoms in total. The minimum atomic E-state index is -0.295. The molecule has 0 radical (unpaired) electrons. The molecule has 0 saturated heterocycles. The predicted molar refractivity (Wildman–Crippen MR) is 101 cm³/mol. The Morgan fingerprint density at radius 2 is 1.81 bits per heavy atom. The molecule has 6 heteroatoms. The number of para-hydroxylation sites is 1. The summed E-state index contributed by atoms with van der Waals surface area (Å²) in [5.41, 5.74) is 2.21. The van der Waals surface area contributed by atoms with Crippen LogP contribution < -0.4 is 10.9 Å². The summed E-state index contributed by atoms with van der Waals surface area (Å²) in [4.78, 5) is 27.9. The molecule has 2 aromatic carbocycles. The number of H-pyrrole nitrogens is 1. The molecule has 0 aliphatic rings. The van der Waals surface area contributed by atoms with E-state index in [0.29, 0.717) is 12.1 Å². The Bertz CT molecular complexity index is 1130. The van der Waals surface area contributed by atoms with Gasteiger partial charge in [0.15, 0.2) is 0 Å². The lowest BCUT2D eigenvalue weighted by molar-refractivity contribution is -0.121. The molecule has 0 bridgehead atoms. The molecule has 0 atom stereocenters. The highest BCUT2D eigenvalue weighted by Gasteiger charge is 2.12. The molecule has 0 unspecified atom stereocenters. The Morgan fingerprint density at radius 3 is 2.65 bits per heavy atom. The van der Waals surface area contributed by atoms with Gasteiger partial charge in [0.05, 0.1) is 6.20 Å². The van der Waals surface area contributed by atoms with Crippen LogP contribution in [0.2, 0.25) is 0 Å². The highest BCUT2D eigenvalue weighted by Crippen LogP contribution is 2.21. The van der Waals surface area contributed by atoms with E-state index in [-0.39, 0.29) is 18.0 Å². The SMILES string of the molecule is O=C(Cn1ncc2c([nH]c3ccccc32)c1=O)NCCc1ccccc1. The third-order valence-corrected chi connectivity index (χ3v) is 4.39. The summed E-state index contributed by atoms with van der Waals surface area (Å²) in [5, 5.41) is 8.71. The van der Waals surface area contributed by atoms with E-state index < -0.39 is 0 Å². The topological polar surface area (TPSA) is 79.8 Å². The first kappa shape index (κ1) is 16.1. The van der Waals surface area contributed by atoms with Gasteiger partial charge in [-0.05, 0) is 18.1 Å². The van der Waals surface area contributed by atoms with Crippen molar-refractivity contribution in [3.63, 3.8) is 0 Å². The van der Waals surface area contributed by atoms with Crippen molar-refractivity contribution >= 4 is 27.7 Å². The van der Waals surface area contributed by atoms with Gasteiger partial charge in [0.2, 0.25) is 5.91 Å². The van der Waals surface area contributed by atoms with Gasteiger partial charge < -0.3 is 10.3 Å². The van der Waals surface area contributed by atoms with Crippen molar-refractivity contribution in [3.8, 4) is 0 Å². The van der Waals surface area contributed by atoms with E-state index in [2.05, 4.69) is 15.4 Å². The van der Waals surface area contributed by atoms with Gasteiger partial charge in [-0.1, -0.05) is 48.5 Å². The van der Waals surface area contributed by atoms with Gasteiger partial charge in [-0.2, -0.15) is 5.10 Å². The summed E-state index contributed by atoms with van der Waals surface area (Å²) >= 11 is 0. The van der Waals surface area contributed by atoms with Gasteiger partial charge in [-0.3, -0.25) is 9.59 Å².